The lowest BCUT2D eigenvalue weighted by molar-refractivity contribution is -0.146. The molecule has 0 aromatic heterocycles. The first-order chi connectivity index (χ1) is 16.5. The minimum absolute atomic E-state index is 0.0752. The molecule has 2 fully saturated rings. The average Bonchev–Trinajstić information content (AvgIpc) is 3.32. The summed E-state index contributed by atoms with van der Waals surface area (Å²) in [5.74, 6) is -0.122. The van der Waals surface area contributed by atoms with Gasteiger partial charge in [0.25, 0.3) is 0 Å². The highest BCUT2D eigenvalue weighted by Gasteiger charge is 2.37. The summed E-state index contributed by atoms with van der Waals surface area (Å²) in [4.78, 5) is 50.3. The Morgan fingerprint density at radius 2 is 1.77 bits per heavy atom. The fourth-order valence-corrected chi connectivity index (χ4v) is 3.71. The van der Waals surface area contributed by atoms with Crippen LogP contribution in [0, 0.1) is 5.41 Å². The van der Waals surface area contributed by atoms with Crippen molar-refractivity contribution in [1.82, 2.24) is 20.9 Å². The van der Waals surface area contributed by atoms with Crippen molar-refractivity contribution in [2.24, 2.45) is 11.1 Å². The van der Waals surface area contributed by atoms with Gasteiger partial charge in [-0.3, -0.25) is 19.2 Å². The molecule has 2 aliphatic heterocycles. The summed E-state index contributed by atoms with van der Waals surface area (Å²) < 4.78 is 0. The highest BCUT2D eigenvalue weighted by molar-refractivity contribution is 5.93. The van der Waals surface area contributed by atoms with E-state index in [9.17, 15) is 19.2 Å². The van der Waals surface area contributed by atoms with E-state index in [4.69, 9.17) is 0 Å². The van der Waals surface area contributed by atoms with Crippen molar-refractivity contribution in [3.8, 4) is 0 Å². The molecule has 4 amide bonds. The fraction of sp³-hybridized carbons (Fsp3) is 0.846. The maximum Gasteiger partial charge on any atom is 0.245 e. The normalized spacial score (nSPS) is 19.1. The van der Waals surface area contributed by atoms with Crippen molar-refractivity contribution in [3.05, 3.63) is 0 Å². The van der Waals surface area contributed by atoms with Crippen molar-refractivity contribution in [3.63, 3.8) is 0 Å². The Labute approximate surface area is 212 Å². The molecule has 0 saturated carbocycles. The maximum atomic E-state index is 13.3. The van der Waals surface area contributed by atoms with Gasteiger partial charge in [-0.2, -0.15) is 0 Å². The van der Waals surface area contributed by atoms with E-state index in [1.165, 1.54) is 7.05 Å². The first kappa shape index (κ1) is 32.8. The van der Waals surface area contributed by atoms with Crippen LogP contribution >= 0.6 is 0 Å². The van der Waals surface area contributed by atoms with Crippen LogP contribution in [0.15, 0.2) is 0 Å². The van der Waals surface area contributed by atoms with Gasteiger partial charge < -0.3 is 26.6 Å². The SMILES string of the molecule is CCCC[C@H](NC(=O)C(C)(C)C)C(=O)N1CCCCC1C(=O)N[C@@H](C)CC.CN.O=C1CCCN1. The van der Waals surface area contributed by atoms with Crippen molar-refractivity contribution < 1.29 is 19.2 Å². The van der Waals surface area contributed by atoms with Crippen LogP contribution in [0.1, 0.15) is 99.3 Å². The number of hydrogen-bond acceptors (Lipinski definition) is 5. The number of rotatable bonds is 8. The third kappa shape index (κ3) is 12.4. The standard InChI is InChI=1S/C21H39N3O3.C4H7NO.CH5N/c1-7-9-12-16(23-20(27)21(4,5)6)19(26)24-14-11-10-13-17(24)18(25)22-15(3)8-2;6-4-2-1-3-5-4;1-2/h15-17H,7-14H2,1-6H3,(H,22,25)(H,23,27);1-3H2,(H,5,6);2H2,1H3/t15-,16-,17?;;/m0../s1. The topological polar surface area (TPSA) is 134 Å². The smallest absolute Gasteiger partial charge is 0.245 e. The van der Waals surface area contributed by atoms with Crippen LogP contribution in [-0.4, -0.2) is 66.8 Å². The molecular formula is C26H51N5O4. The maximum absolute atomic E-state index is 13.3. The number of amides is 4. The zero-order valence-electron chi connectivity index (χ0n) is 23.2. The number of unbranched alkanes of at least 4 members (excludes halogenated alkanes) is 1. The molecule has 9 nitrogen and oxygen atoms in total. The van der Waals surface area contributed by atoms with E-state index < -0.39 is 17.5 Å². The van der Waals surface area contributed by atoms with Crippen LogP contribution in [0.5, 0.6) is 0 Å². The van der Waals surface area contributed by atoms with Crippen molar-refractivity contribution in [2.75, 3.05) is 20.1 Å². The molecule has 2 saturated heterocycles. The number of hydrogen-bond donors (Lipinski definition) is 4. The van der Waals surface area contributed by atoms with Gasteiger partial charge in [-0.05, 0) is 52.5 Å². The molecule has 0 aliphatic carbocycles. The Balaban J connectivity index is 0.00000123. The minimum Gasteiger partial charge on any atom is -0.356 e. The van der Waals surface area contributed by atoms with Crippen molar-refractivity contribution in [2.45, 2.75) is 117 Å². The number of likely N-dealkylation sites (tertiary alicyclic amines) is 1. The number of piperidine rings is 1. The fourth-order valence-electron chi connectivity index (χ4n) is 3.71. The van der Waals surface area contributed by atoms with Gasteiger partial charge in [-0.1, -0.05) is 47.5 Å². The van der Waals surface area contributed by atoms with Crippen molar-refractivity contribution in [1.29, 1.82) is 0 Å². The Hall–Kier alpha value is -2.16. The highest BCUT2D eigenvalue weighted by atomic mass is 16.2. The quantitative estimate of drug-likeness (QED) is 0.409. The number of carbonyl (C=O) groups excluding carboxylic acids is 4. The lowest BCUT2D eigenvalue weighted by Crippen LogP contribution is -2.58. The third-order valence-electron chi connectivity index (χ3n) is 6.12. The van der Waals surface area contributed by atoms with E-state index >= 15 is 0 Å². The van der Waals surface area contributed by atoms with E-state index in [1.54, 1.807) is 4.90 Å². The van der Waals surface area contributed by atoms with E-state index in [0.717, 1.165) is 51.5 Å². The monoisotopic (exact) mass is 497 g/mol. The molecule has 204 valence electrons. The summed E-state index contributed by atoms with van der Waals surface area (Å²) in [6.45, 7) is 13.0. The summed E-state index contributed by atoms with van der Waals surface area (Å²) in [6.07, 6.45) is 7.55. The Kier molecular flexibility index (Phi) is 16.2. The second-order valence-corrected chi connectivity index (χ2v) is 10.2. The van der Waals surface area contributed by atoms with E-state index in [-0.39, 0.29) is 29.7 Å². The summed E-state index contributed by atoms with van der Waals surface area (Å²) in [6, 6.07) is -0.905. The summed E-state index contributed by atoms with van der Waals surface area (Å²) in [5, 5.41) is 8.63. The first-order valence-corrected chi connectivity index (χ1v) is 13.3. The minimum atomic E-state index is -0.561. The van der Waals surface area contributed by atoms with Crippen LogP contribution in [0.4, 0.5) is 0 Å². The number of nitrogens with two attached hydrogens (primary N) is 1. The van der Waals surface area contributed by atoms with Crippen LogP contribution < -0.4 is 21.7 Å². The molecule has 0 bridgehead atoms. The van der Waals surface area contributed by atoms with Crippen LogP contribution in [0.3, 0.4) is 0 Å². The van der Waals surface area contributed by atoms with Gasteiger partial charge in [0.15, 0.2) is 0 Å². The van der Waals surface area contributed by atoms with Crippen molar-refractivity contribution >= 4 is 23.6 Å². The molecule has 0 aromatic rings. The summed E-state index contributed by atoms with van der Waals surface area (Å²) >= 11 is 0. The average molecular weight is 498 g/mol. The molecule has 3 atom stereocenters. The van der Waals surface area contributed by atoms with Gasteiger partial charge in [0.2, 0.25) is 23.6 Å². The zero-order valence-corrected chi connectivity index (χ0v) is 23.2. The predicted octanol–water partition coefficient (Wildman–Crippen LogP) is 2.47. The lowest BCUT2D eigenvalue weighted by Gasteiger charge is -2.38. The van der Waals surface area contributed by atoms with Gasteiger partial charge in [0.1, 0.15) is 12.1 Å². The predicted molar refractivity (Wildman–Crippen MR) is 141 cm³/mol. The van der Waals surface area contributed by atoms with Crippen LogP contribution in [-0.2, 0) is 19.2 Å². The third-order valence-corrected chi connectivity index (χ3v) is 6.12. The largest absolute Gasteiger partial charge is 0.356 e. The van der Waals surface area contributed by atoms with E-state index in [0.29, 0.717) is 19.4 Å². The highest BCUT2D eigenvalue weighted by Crippen LogP contribution is 2.21. The molecule has 0 aromatic carbocycles. The molecule has 0 spiro atoms. The molecule has 2 rings (SSSR count). The number of nitrogens with zero attached hydrogens (tertiary/aromatic N) is 1. The second kappa shape index (κ2) is 17.3. The Bertz CT molecular complexity index is 655. The number of nitrogens with one attached hydrogen (secondary N) is 3. The van der Waals surface area contributed by atoms with Crippen LogP contribution in [0.25, 0.3) is 0 Å². The lowest BCUT2D eigenvalue weighted by atomic mass is 9.94. The van der Waals surface area contributed by atoms with Gasteiger partial charge >= 0.3 is 0 Å². The van der Waals surface area contributed by atoms with Gasteiger partial charge in [-0.25, -0.2) is 0 Å². The molecule has 1 unspecified atom stereocenters. The van der Waals surface area contributed by atoms with Gasteiger partial charge in [-0.15, -0.1) is 0 Å². The molecule has 0 radical (unpaired) electrons. The molecule has 35 heavy (non-hydrogen) atoms. The van der Waals surface area contributed by atoms with Crippen LogP contribution in [0.2, 0.25) is 0 Å². The Morgan fingerprint density at radius 3 is 2.23 bits per heavy atom. The van der Waals surface area contributed by atoms with E-state index in [1.807, 2.05) is 34.6 Å². The molecule has 2 aliphatic rings. The number of carbonyl (C=O) groups is 4. The summed E-state index contributed by atoms with van der Waals surface area (Å²) in [7, 11) is 1.50. The second-order valence-electron chi connectivity index (χ2n) is 10.2. The summed E-state index contributed by atoms with van der Waals surface area (Å²) in [5.41, 5.74) is 3.94. The molecular weight excluding hydrogens is 446 g/mol. The van der Waals surface area contributed by atoms with E-state index in [2.05, 4.69) is 28.6 Å². The molecule has 2 heterocycles. The van der Waals surface area contributed by atoms with Gasteiger partial charge in [0, 0.05) is 31.0 Å². The zero-order chi connectivity index (χ0) is 27.0. The molecule has 9 heteroatoms. The Morgan fingerprint density at radius 1 is 1.11 bits per heavy atom. The van der Waals surface area contributed by atoms with Gasteiger partial charge in [0.05, 0.1) is 0 Å². The molecule has 5 N–H and O–H groups in total. The first-order valence-electron chi connectivity index (χ1n) is 13.3.